The maximum absolute atomic E-state index is 13.2. The molecule has 0 saturated heterocycles. The highest BCUT2D eigenvalue weighted by Crippen LogP contribution is 2.31. The summed E-state index contributed by atoms with van der Waals surface area (Å²) in [5, 5.41) is 14.1. The highest BCUT2D eigenvalue weighted by Gasteiger charge is 2.31. The van der Waals surface area contributed by atoms with Gasteiger partial charge in [0.2, 0.25) is 5.78 Å². The number of esters is 1. The first-order chi connectivity index (χ1) is 18.9. The van der Waals surface area contributed by atoms with Crippen molar-refractivity contribution in [2.45, 2.75) is 33.9 Å². The Bertz CT molecular complexity index is 1670. The number of rotatable bonds is 7. The molecule has 4 aromatic rings. The fourth-order valence-electron chi connectivity index (χ4n) is 4.52. The topological polar surface area (TPSA) is 89.9 Å². The maximum atomic E-state index is 13.2. The van der Waals surface area contributed by atoms with Crippen LogP contribution in [-0.2, 0) is 15.7 Å². The Morgan fingerprint density at radius 1 is 0.975 bits per heavy atom. The normalized spacial score (nSPS) is 11.8. The lowest BCUT2D eigenvalue weighted by molar-refractivity contribution is -0.138. The monoisotopic (exact) mass is 546 g/mol. The van der Waals surface area contributed by atoms with E-state index in [1.807, 2.05) is 43.3 Å². The molecule has 2 aromatic carbocycles. The van der Waals surface area contributed by atoms with Crippen LogP contribution in [0.3, 0.4) is 0 Å². The Kier molecular flexibility index (Phi) is 7.77. The SMILES string of the molecule is Cc1nn(-c2ccccc2)c(C)c1/C=C(\C#N)C(=O)OCC(=O)c1cc(C)n(-c2cccc(C(F)(F)F)c2)c1C. The van der Waals surface area contributed by atoms with Crippen LogP contribution >= 0.6 is 0 Å². The van der Waals surface area contributed by atoms with Gasteiger partial charge < -0.3 is 9.30 Å². The predicted molar refractivity (Wildman–Crippen MR) is 142 cm³/mol. The van der Waals surface area contributed by atoms with Crippen molar-refractivity contribution in [1.82, 2.24) is 14.3 Å². The fourth-order valence-corrected chi connectivity index (χ4v) is 4.52. The summed E-state index contributed by atoms with van der Waals surface area (Å²) in [6, 6.07) is 17.5. The van der Waals surface area contributed by atoms with Gasteiger partial charge in [-0.05, 0) is 70.2 Å². The molecule has 0 aliphatic heterocycles. The molecule has 0 aliphatic carbocycles. The van der Waals surface area contributed by atoms with Gasteiger partial charge in [-0.3, -0.25) is 4.79 Å². The zero-order valence-electron chi connectivity index (χ0n) is 22.2. The van der Waals surface area contributed by atoms with Crippen molar-refractivity contribution < 1.29 is 27.5 Å². The van der Waals surface area contributed by atoms with E-state index in [9.17, 15) is 28.0 Å². The Morgan fingerprint density at radius 2 is 1.65 bits per heavy atom. The van der Waals surface area contributed by atoms with Crippen molar-refractivity contribution in [2.75, 3.05) is 6.61 Å². The van der Waals surface area contributed by atoms with Gasteiger partial charge in [0.1, 0.15) is 11.6 Å². The van der Waals surface area contributed by atoms with Gasteiger partial charge in [0, 0.05) is 33.9 Å². The maximum Gasteiger partial charge on any atom is 0.416 e. The number of halogens is 3. The zero-order chi connectivity index (χ0) is 29.2. The number of para-hydroxylation sites is 1. The number of alkyl halides is 3. The van der Waals surface area contributed by atoms with E-state index >= 15 is 0 Å². The molecule has 10 heteroatoms. The van der Waals surface area contributed by atoms with E-state index in [1.165, 1.54) is 28.8 Å². The number of carbonyl (C=O) groups is 2. The molecule has 0 amide bonds. The Labute approximate surface area is 228 Å². The van der Waals surface area contributed by atoms with Crippen molar-refractivity contribution in [3.8, 4) is 17.4 Å². The molecule has 0 bridgehead atoms. The second-order valence-electron chi connectivity index (χ2n) is 9.17. The predicted octanol–water partition coefficient (Wildman–Crippen LogP) is 6.25. The van der Waals surface area contributed by atoms with E-state index in [0.29, 0.717) is 28.3 Å². The Morgan fingerprint density at radius 3 is 2.30 bits per heavy atom. The minimum Gasteiger partial charge on any atom is -0.453 e. The quantitative estimate of drug-likeness (QED) is 0.118. The van der Waals surface area contributed by atoms with E-state index in [2.05, 4.69) is 5.10 Å². The first-order valence-electron chi connectivity index (χ1n) is 12.2. The van der Waals surface area contributed by atoms with Crippen LogP contribution in [0, 0.1) is 39.0 Å². The highest BCUT2D eigenvalue weighted by atomic mass is 19.4. The molecule has 7 nitrogen and oxygen atoms in total. The van der Waals surface area contributed by atoms with Crippen molar-refractivity contribution in [2.24, 2.45) is 0 Å². The lowest BCUT2D eigenvalue weighted by atomic mass is 10.1. The van der Waals surface area contributed by atoms with Crippen molar-refractivity contribution in [3.63, 3.8) is 0 Å². The number of ketones is 1. The molecule has 0 atom stereocenters. The van der Waals surface area contributed by atoms with Crippen LogP contribution < -0.4 is 0 Å². The van der Waals surface area contributed by atoms with Gasteiger partial charge in [-0.25, -0.2) is 9.48 Å². The van der Waals surface area contributed by atoms with Crippen LogP contribution in [0.2, 0.25) is 0 Å². The van der Waals surface area contributed by atoms with Crippen molar-refractivity contribution >= 4 is 17.8 Å². The molecule has 2 heterocycles. The summed E-state index contributed by atoms with van der Waals surface area (Å²) in [6.07, 6.45) is -3.13. The fraction of sp³-hybridized carbons (Fsp3) is 0.200. The molecule has 0 spiro atoms. The molecule has 0 radical (unpaired) electrons. The van der Waals surface area contributed by atoms with E-state index in [4.69, 9.17) is 4.74 Å². The molecule has 40 heavy (non-hydrogen) atoms. The third kappa shape index (κ3) is 5.59. The molecular formula is C30H25F3N4O3. The number of Topliss-reactive ketones (excluding diaryl/α,β-unsaturated/α-hetero) is 1. The minimum atomic E-state index is -4.51. The number of benzene rings is 2. The molecule has 0 unspecified atom stereocenters. The molecule has 0 fully saturated rings. The number of nitrogens with zero attached hydrogens (tertiary/aromatic N) is 4. The number of carbonyl (C=O) groups excluding carboxylic acids is 2. The lowest BCUT2D eigenvalue weighted by Gasteiger charge is -2.13. The highest BCUT2D eigenvalue weighted by molar-refractivity contribution is 6.02. The summed E-state index contributed by atoms with van der Waals surface area (Å²) >= 11 is 0. The number of aromatic nitrogens is 3. The van der Waals surface area contributed by atoms with Crippen LogP contribution in [0.15, 0.2) is 66.2 Å². The van der Waals surface area contributed by atoms with Crippen molar-refractivity contribution in [1.29, 1.82) is 5.26 Å². The Balaban J connectivity index is 1.53. The smallest absolute Gasteiger partial charge is 0.416 e. The summed E-state index contributed by atoms with van der Waals surface area (Å²) in [5.41, 5.74) is 2.96. The Hall–Kier alpha value is -4.91. The van der Waals surface area contributed by atoms with Crippen LogP contribution in [-0.4, -0.2) is 32.7 Å². The number of hydrogen-bond acceptors (Lipinski definition) is 5. The molecular weight excluding hydrogens is 521 g/mol. The lowest BCUT2D eigenvalue weighted by Crippen LogP contribution is -2.16. The number of ether oxygens (including phenoxy) is 1. The molecule has 204 valence electrons. The molecule has 0 N–H and O–H groups in total. The molecule has 0 aliphatic rings. The summed E-state index contributed by atoms with van der Waals surface area (Å²) < 4.78 is 48.0. The first-order valence-corrected chi connectivity index (χ1v) is 12.2. The average Bonchev–Trinajstić information content (AvgIpc) is 3.39. The second kappa shape index (κ2) is 11.1. The largest absolute Gasteiger partial charge is 0.453 e. The number of hydrogen-bond donors (Lipinski definition) is 0. The van der Waals surface area contributed by atoms with Gasteiger partial charge >= 0.3 is 12.1 Å². The second-order valence-corrected chi connectivity index (χ2v) is 9.17. The third-order valence-corrected chi connectivity index (χ3v) is 6.47. The van der Waals surface area contributed by atoms with Crippen LogP contribution in [0.1, 0.15) is 44.3 Å². The first kappa shape index (κ1) is 28.1. The van der Waals surface area contributed by atoms with E-state index in [1.54, 1.807) is 25.5 Å². The number of aryl methyl sites for hydroxylation is 2. The third-order valence-electron chi connectivity index (χ3n) is 6.47. The van der Waals surface area contributed by atoms with Crippen LogP contribution in [0.4, 0.5) is 13.2 Å². The van der Waals surface area contributed by atoms with Gasteiger partial charge in [0.15, 0.2) is 6.61 Å². The summed E-state index contributed by atoms with van der Waals surface area (Å²) in [6.45, 7) is 6.17. The average molecular weight is 547 g/mol. The molecule has 0 saturated carbocycles. The van der Waals surface area contributed by atoms with Gasteiger partial charge in [0.25, 0.3) is 0 Å². The van der Waals surface area contributed by atoms with E-state index in [-0.39, 0.29) is 16.8 Å². The van der Waals surface area contributed by atoms with Gasteiger partial charge in [-0.1, -0.05) is 24.3 Å². The van der Waals surface area contributed by atoms with Crippen LogP contribution in [0.25, 0.3) is 17.5 Å². The van der Waals surface area contributed by atoms with Gasteiger partial charge in [0.05, 0.1) is 16.9 Å². The zero-order valence-corrected chi connectivity index (χ0v) is 22.2. The van der Waals surface area contributed by atoms with E-state index in [0.717, 1.165) is 17.8 Å². The summed E-state index contributed by atoms with van der Waals surface area (Å²) in [4.78, 5) is 25.7. The summed E-state index contributed by atoms with van der Waals surface area (Å²) in [5.74, 6) is -1.53. The standard InChI is InChI=1S/C30H25F3N4O3/c1-18-13-27(20(3)36(18)25-12-8-9-23(15-25)30(31,32)33)28(38)17-40-29(39)22(16-34)14-26-19(2)35-37(21(26)4)24-10-6-5-7-11-24/h5-15H,17H2,1-4H3/b22-14+. The van der Waals surface area contributed by atoms with Crippen LogP contribution in [0.5, 0.6) is 0 Å². The van der Waals surface area contributed by atoms with Gasteiger partial charge in [-0.15, -0.1) is 0 Å². The minimum absolute atomic E-state index is 0.195. The molecule has 2 aromatic heterocycles. The number of nitriles is 1. The summed E-state index contributed by atoms with van der Waals surface area (Å²) in [7, 11) is 0. The van der Waals surface area contributed by atoms with Crippen molar-refractivity contribution in [3.05, 3.63) is 106 Å². The van der Waals surface area contributed by atoms with Gasteiger partial charge in [-0.2, -0.15) is 23.5 Å². The molecule has 4 rings (SSSR count). The van der Waals surface area contributed by atoms with E-state index < -0.39 is 30.1 Å².